The Balaban J connectivity index is 1.29. The van der Waals surface area contributed by atoms with E-state index in [1.165, 1.54) is 18.3 Å². The minimum Gasteiger partial charge on any atom is -0.405 e. The van der Waals surface area contributed by atoms with Crippen molar-refractivity contribution in [2.75, 3.05) is 30.3 Å². The number of para-hydroxylation sites is 1. The Bertz CT molecular complexity index is 934. The smallest absolute Gasteiger partial charge is 0.405 e. The standard InChI is InChI=1S/C22H27ClF3N5O2/c23-18-11-29-21(28-10-15-3-1-2-4-19(15)33-22(24,25)26)30-20(18)27-9-14-5-7-16(8-6-14)31-12-17(32)13-31/h1-4,11,14,16-17,32H,5-10,12-13H2,(H2,27,28,29,30). The molecule has 1 saturated carbocycles. The van der Waals surface area contributed by atoms with Crippen LogP contribution in [0.4, 0.5) is 24.9 Å². The van der Waals surface area contributed by atoms with E-state index >= 15 is 0 Å². The Labute approximate surface area is 195 Å². The quantitative estimate of drug-likeness (QED) is 0.514. The lowest BCUT2D eigenvalue weighted by Crippen LogP contribution is -2.56. The van der Waals surface area contributed by atoms with Gasteiger partial charge in [-0.05, 0) is 37.7 Å². The zero-order valence-electron chi connectivity index (χ0n) is 18.0. The average Bonchev–Trinajstić information content (AvgIpc) is 2.76. The first-order chi connectivity index (χ1) is 15.8. The lowest BCUT2D eigenvalue weighted by Gasteiger charge is -2.44. The topological polar surface area (TPSA) is 82.5 Å². The molecule has 11 heteroatoms. The van der Waals surface area contributed by atoms with Gasteiger partial charge in [-0.3, -0.25) is 4.90 Å². The molecule has 1 aliphatic carbocycles. The molecule has 1 aliphatic heterocycles. The maximum Gasteiger partial charge on any atom is 0.573 e. The van der Waals surface area contributed by atoms with Crippen molar-refractivity contribution in [3.05, 3.63) is 41.0 Å². The molecule has 2 aliphatic rings. The molecule has 2 heterocycles. The highest BCUT2D eigenvalue weighted by molar-refractivity contribution is 6.32. The number of benzene rings is 1. The molecule has 1 aromatic carbocycles. The number of hydrogen-bond acceptors (Lipinski definition) is 7. The van der Waals surface area contributed by atoms with E-state index in [-0.39, 0.29) is 24.3 Å². The van der Waals surface area contributed by atoms with Crippen LogP contribution < -0.4 is 15.4 Å². The number of anilines is 2. The van der Waals surface area contributed by atoms with Crippen LogP contribution in [0.25, 0.3) is 0 Å². The number of β-amino-alcohol motifs (C(OH)–C–C–N with tert-alkyl or cyclic N) is 1. The van der Waals surface area contributed by atoms with Crippen LogP contribution in [0.3, 0.4) is 0 Å². The summed E-state index contributed by atoms with van der Waals surface area (Å²) in [5.41, 5.74) is 0.328. The molecule has 0 bridgehead atoms. The van der Waals surface area contributed by atoms with Gasteiger partial charge in [0.25, 0.3) is 0 Å². The summed E-state index contributed by atoms with van der Waals surface area (Å²) in [5, 5.41) is 16.1. The summed E-state index contributed by atoms with van der Waals surface area (Å²) in [4.78, 5) is 10.9. The van der Waals surface area contributed by atoms with E-state index in [0.29, 0.717) is 28.4 Å². The number of hydrogen-bond donors (Lipinski definition) is 3. The Kier molecular flexibility index (Phi) is 7.45. The van der Waals surface area contributed by atoms with Gasteiger partial charge in [0.15, 0.2) is 0 Å². The summed E-state index contributed by atoms with van der Waals surface area (Å²) in [6, 6.07) is 6.48. The third-order valence-corrected chi connectivity index (χ3v) is 6.44. The molecule has 4 rings (SSSR count). The fourth-order valence-corrected chi connectivity index (χ4v) is 4.52. The molecular weight excluding hydrogens is 459 g/mol. The fourth-order valence-electron chi connectivity index (χ4n) is 4.37. The molecule has 0 radical (unpaired) electrons. The Morgan fingerprint density at radius 2 is 1.85 bits per heavy atom. The van der Waals surface area contributed by atoms with Gasteiger partial charge in [-0.2, -0.15) is 4.98 Å². The molecule has 2 fully saturated rings. The molecule has 3 N–H and O–H groups in total. The number of rotatable bonds is 8. The summed E-state index contributed by atoms with van der Waals surface area (Å²) in [7, 11) is 0. The van der Waals surface area contributed by atoms with Gasteiger partial charge in [-0.15, -0.1) is 13.2 Å². The number of aromatic nitrogens is 2. The van der Waals surface area contributed by atoms with E-state index in [0.717, 1.165) is 45.3 Å². The predicted molar refractivity (Wildman–Crippen MR) is 119 cm³/mol. The van der Waals surface area contributed by atoms with E-state index in [1.54, 1.807) is 12.1 Å². The largest absolute Gasteiger partial charge is 0.573 e. The van der Waals surface area contributed by atoms with Crippen molar-refractivity contribution >= 4 is 23.4 Å². The Hall–Kier alpha value is -2.30. The number of halogens is 4. The van der Waals surface area contributed by atoms with Crippen molar-refractivity contribution in [3.8, 4) is 5.75 Å². The summed E-state index contributed by atoms with van der Waals surface area (Å²) < 4.78 is 41.9. The second-order valence-electron chi connectivity index (χ2n) is 8.56. The number of nitrogens with one attached hydrogen (secondary N) is 2. The zero-order chi connectivity index (χ0) is 23.4. The van der Waals surface area contributed by atoms with Gasteiger partial charge in [-0.1, -0.05) is 29.8 Å². The van der Waals surface area contributed by atoms with Crippen molar-refractivity contribution in [2.24, 2.45) is 5.92 Å². The van der Waals surface area contributed by atoms with Crippen LogP contribution in [0.1, 0.15) is 31.2 Å². The van der Waals surface area contributed by atoms with Crippen LogP contribution in [0.2, 0.25) is 5.02 Å². The second kappa shape index (κ2) is 10.3. The van der Waals surface area contributed by atoms with E-state index in [9.17, 15) is 18.3 Å². The molecule has 0 amide bonds. The first-order valence-electron chi connectivity index (χ1n) is 11.0. The third-order valence-electron chi connectivity index (χ3n) is 6.16. The summed E-state index contributed by atoms with van der Waals surface area (Å²) in [5.74, 6) is 0.972. The molecule has 180 valence electrons. The Morgan fingerprint density at radius 3 is 2.55 bits per heavy atom. The lowest BCUT2D eigenvalue weighted by molar-refractivity contribution is -0.274. The lowest BCUT2D eigenvalue weighted by atomic mass is 9.84. The second-order valence-corrected chi connectivity index (χ2v) is 8.97. The van der Waals surface area contributed by atoms with Gasteiger partial charge >= 0.3 is 6.36 Å². The molecule has 1 saturated heterocycles. The molecule has 0 spiro atoms. The van der Waals surface area contributed by atoms with Crippen LogP contribution in [-0.4, -0.2) is 58.1 Å². The summed E-state index contributed by atoms with van der Waals surface area (Å²) >= 11 is 6.24. The highest BCUT2D eigenvalue weighted by Gasteiger charge is 2.33. The van der Waals surface area contributed by atoms with Gasteiger partial charge in [0.2, 0.25) is 5.95 Å². The molecule has 7 nitrogen and oxygen atoms in total. The number of likely N-dealkylation sites (tertiary alicyclic amines) is 1. The summed E-state index contributed by atoms with van der Waals surface area (Å²) in [6.45, 7) is 2.36. The van der Waals surface area contributed by atoms with Crippen LogP contribution in [0.5, 0.6) is 5.75 Å². The maximum absolute atomic E-state index is 12.6. The number of aliphatic hydroxyl groups excluding tert-OH is 1. The zero-order valence-corrected chi connectivity index (χ0v) is 18.7. The predicted octanol–water partition coefficient (Wildman–Crippen LogP) is 4.29. The van der Waals surface area contributed by atoms with E-state index in [2.05, 4.69) is 30.2 Å². The van der Waals surface area contributed by atoms with E-state index in [4.69, 9.17) is 11.6 Å². The average molecular weight is 486 g/mol. The molecular formula is C22H27ClF3N5O2. The number of aliphatic hydroxyl groups is 1. The van der Waals surface area contributed by atoms with Crippen molar-refractivity contribution in [2.45, 2.75) is 50.7 Å². The van der Waals surface area contributed by atoms with Gasteiger partial charge in [0, 0.05) is 37.8 Å². The molecule has 33 heavy (non-hydrogen) atoms. The van der Waals surface area contributed by atoms with E-state index in [1.807, 2.05) is 0 Å². The summed E-state index contributed by atoms with van der Waals surface area (Å²) in [6.07, 6.45) is 0.939. The first kappa shape index (κ1) is 23.8. The highest BCUT2D eigenvalue weighted by atomic mass is 35.5. The SMILES string of the molecule is OC1CN(C2CCC(CNc3nc(NCc4ccccc4OC(F)(F)F)ncc3Cl)CC2)C1. The highest BCUT2D eigenvalue weighted by Crippen LogP contribution is 2.31. The third kappa shape index (κ3) is 6.61. The minimum absolute atomic E-state index is 0.0581. The van der Waals surface area contributed by atoms with Crippen LogP contribution in [-0.2, 0) is 6.54 Å². The Morgan fingerprint density at radius 1 is 1.12 bits per heavy atom. The number of nitrogens with zero attached hydrogens (tertiary/aromatic N) is 3. The van der Waals surface area contributed by atoms with Crippen LogP contribution in [0, 0.1) is 5.92 Å². The molecule has 0 atom stereocenters. The normalized spacial score (nSPS) is 22.0. The van der Waals surface area contributed by atoms with E-state index < -0.39 is 6.36 Å². The number of alkyl halides is 3. The van der Waals surface area contributed by atoms with Crippen molar-refractivity contribution in [1.29, 1.82) is 0 Å². The van der Waals surface area contributed by atoms with Crippen LogP contribution >= 0.6 is 11.6 Å². The van der Waals surface area contributed by atoms with Gasteiger partial charge in [0.1, 0.15) is 16.6 Å². The number of ether oxygens (including phenoxy) is 1. The van der Waals surface area contributed by atoms with Crippen LogP contribution in [0.15, 0.2) is 30.5 Å². The first-order valence-corrected chi connectivity index (χ1v) is 11.4. The monoisotopic (exact) mass is 485 g/mol. The van der Waals surface area contributed by atoms with Crippen molar-refractivity contribution in [3.63, 3.8) is 0 Å². The van der Waals surface area contributed by atoms with Crippen molar-refractivity contribution < 1.29 is 23.0 Å². The van der Waals surface area contributed by atoms with Gasteiger partial charge in [0.05, 0.1) is 12.3 Å². The maximum atomic E-state index is 12.6. The minimum atomic E-state index is -4.76. The fraction of sp³-hybridized carbons (Fsp3) is 0.545. The molecule has 2 aromatic rings. The van der Waals surface area contributed by atoms with Gasteiger partial charge < -0.3 is 20.5 Å². The van der Waals surface area contributed by atoms with Gasteiger partial charge in [-0.25, -0.2) is 4.98 Å². The van der Waals surface area contributed by atoms with Crippen molar-refractivity contribution in [1.82, 2.24) is 14.9 Å². The molecule has 1 aromatic heterocycles. The molecule has 0 unspecified atom stereocenters.